The standard InChI is InChI=1S/C14H21ClN2O3S/c1-2-20-14(19)17-7-5-10(6-8-17)16-9-11(18)12-3-4-13(15)21-12/h3-4,10-11,16,18H,2,5-9H2,1H3. The van der Waals surface area contributed by atoms with Crippen molar-refractivity contribution in [2.24, 2.45) is 0 Å². The van der Waals surface area contributed by atoms with E-state index in [-0.39, 0.29) is 6.09 Å². The predicted molar refractivity (Wildman–Crippen MR) is 83.9 cm³/mol. The predicted octanol–water partition coefficient (Wildman–Crippen LogP) is 2.65. The van der Waals surface area contributed by atoms with Gasteiger partial charge in [0.05, 0.1) is 10.9 Å². The number of hydrogen-bond acceptors (Lipinski definition) is 5. The summed E-state index contributed by atoms with van der Waals surface area (Å²) in [4.78, 5) is 14.2. The summed E-state index contributed by atoms with van der Waals surface area (Å²) in [5, 5.41) is 13.4. The summed E-state index contributed by atoms with van der Waals surface area (Å²) < 4.78 is 5.68. The molecule has 21 heavy (non-hydrogen) atoms. The quantitative estimate of drug-likeness (QED) is 0.870. The molecule has 1 aromatic heterocycles. The molecule has 2 N–H and O–H groups in total. The van der Waals surface area contributed by atoms with Crippen molar-refractivity contribution in [3.63, 3.8) is 0 Å². The van der Waals surface area contributed by atoms with Crippen molar-refractivity contribution in [2.75, 3.05) is 26.2 Å². The number of carbonyl (C=O) groups excluding carboxylic acids is 1. The molecule has 1 aliphatic rings. The normalized spacial score (nSPS) is 17.8. The molecule has 1 fully saturated rings. The zero-order valence-electron chi connectivity index (χ0n) is 12.0. The van der Waals surface area contributed by atoms with Crippen LogP contribution in [0.2, 0.25) is 4.34 Å². The van der Waals surface area contributed by atoms with Crippen molar-refractivity contribution in [3.05, 3.63) is 21.3 Å². The van der Waals surface area contributed by atoms with E-state index in [2.05, 4.69) is 5.32 Å². The van der Waals surface area contributed by atoms with Gasteiger partial charge in [0.25, 0.3) is 0 Å². The maximum atomic E-state index is 11.6. The van der Waals surface area contributed by atoms with Crippen molar-refractivity contribution < 1.29 is 14.6 Å². The van der Waals surface area contributed by atoms with Gasteiger partial charge >= 0.3 is 6.09 Å². The highest BCUT2D eigenvalue weighted by Gasteiger charge is 2.23. The summed E-state index contributed by atoms with van der Waals surface area (Å²) >= 11 is 7.26. The first-order chi connectivity index (χ1) is 10.1. The minimum absolute atomic E-state index is 0.232. The summed E-state index contributed by atoms with van der Waals surface area (Å²) in [5.74, 6) is 0. The third-order valence-corrected chi connectivity index (χ3v) is 4.88. The maximum Gasteiger partial charge on any atom is 0.409 e. The number of hydrogen-bond donors (Lipinski definition) is 2. The average molecular weight is 333 g/mol. The van der Waals surface area contributed by atoms with Crippen LogP contribution in [0.5, 0.6) is 0 Å². The third-order valence-electron chi connectivity index (χ3n) is 3.54. The molecule has 7 heteroatoms. The van der Waals surface area contributed by atoms with Gasteiger partial charge in [0.1, 0.15) is 6.10 Å². The van der Waals surface area contributed by atoms with Gasteiger partial charge in [0.2, 0.25) is 0 Å². The van der Waals surface area contributed by atoms with Crippen LogP contribution in [-0.2, 0) is 4.74 Å². The average Bonchev–Trinajstić information content (AvgIpc) is 2.92. The number of rotatable bonds is 5. The molecular formula is C14H21ClN2O3S. The Morgan fingerprint density at radius 1 is 1.57 bits per heavy atom. The number of ether oxygens (including phenoxy) is 1. The van der Waals surface area contributed by atoms with Gasteiger partial charge in [-0.25, -0.2) is 4.79 Å². The van der Waals surface area contributed by atoms with Gasteiger partial charge in [-0.3, -0.25) is 0 Å². The molecule has 1 atom stereocenters. The molecule has 1 aliphatic heterocycles. The van der Waals surface area contributed by atoms with E-state index in [1.165, 1.54) is 11.3 Å². The molecule has 2 rings (SSSR count). The Hall–Kier alpha value is -0.820. The number of likely N-dealkylation sites (tertiary alicyclic amines) is 1. The second-order valence-electron chi connectivity index (χ2n) is 5.03. The van der Waals surface area contributed by atoms with E-state index < -0.39 is 6.10 Å². The lowest BCUT2D eigenvalue weighted by atomic mass is 10.1. The Morgan fingerprint density at radius 3 is 2.86 bits per heavy atom. The Kier molecular flexibility index (Phi) is 6.29. The smallest absolute Gasteiger partial charge is 0.409 e. The van der Waals surface area contributed by atoms with E-state index >= 15 is 0 Å². The number of carbonyl (C=O) groups is 1. The Morgan fingerprint density at radius 2 is 2.29 bits per heavy atom. The number of piperidine rings is 1. The van der Waals surface area contributed by atoms with E-state index in [0.717, 1.165) is 17.7 Å². The van der Waals surface area contributed by atoms with Gasteiger partial charge in [0, 0.05) is 30.6 Å². The van der Waals surface area contributed by atoms with E-state index in [0.29, 0.717) is 36.6 Å². The van der Waals surface area contributed by atoms with Crippen molar-refractivity contribution in [3.8, 4) is 0 Å². The second-order valence-corrected chi connectivity index (χ2v) is 6.77. The largest absolute Gasteiger partial charge is 0.450 e. The molecule has 1 unspecified atom stereocenters. The fourth-order valence-corrected chi connectivity index (χ4v) is 3.41. The van der Waals surface area contributed by atoms with Crippen LogP contribution in [0.1, 0.15) is 30.7 Å². The monoisotopic (exact) mass is 332 g/mol. The van der Waals surface area contributed by atoms with Gasteiger partial charge in [-0.15, -0.1) is 11.3 Å². The molecule has 2 heterocycles. The SMILES string of the molecule is CCOC(=O)N1CCC(NCC(O)c2ccc(Cl)s2)CC1. The van der Waals surface area contributed by atoms with Crippen LogP contribution in [0.4, 0.5) is 4.79 Å². The number of nitrogens with one attached hydrogen (secondary N) is 1. The second kappa shape index (κ2) is 7.98. The molecule has 1 amide bonds. The Balaban J connectivity index is 1.70. The first-order valence-electron chi connectivity index (χ1n) is 7.18. The molecule has 0 aromatic carbocycles. The molecule has 1 saturated heterocycles. The molecule has 118 valence electrons. The van der Waals surface area contributed by atoms with Crippen LogP contribution >= 0.6 is 22.9 Å². The number of aliphatic hydroxyl groups is 1. The summed E-state index contributed by atoms with van der Waals surface area (Å²) in [6.45, 7) is 4.10. The Labute approximate surface area is 133 Å². The van der Waals surface area contributed by atoms with E-state index in [9.17, 15) is 9.90 Å². The molecule has 5 nitrogen and oxygen atoms in total. The Bertz CT molecular complexity index is 461. The molecule has 0 bridgehead atoms. The van der Waals surface area contributed by atoms with Crippen LogP contribution in [0.3, 0.4) is 0 Å². The lowest BCUT2D eigenvalue weighted by molar-refractivity contribution is 0.0929. The van der Waals surface area contributed by atoms with Crippen LogP contribution in [0, 0.1) is 0 Å². The van der Waals surface area contributed by atoms with E-state index in [1.54, 1.807) is 11.0 Å². The van der Waals surface area contributed by atoms with Crippen LogP contribution in [0.25, 0.3) is 0 Å². The van der Waals surface area contributed by atoms with Crippen molar-refractivity contribution in [1.29, 1.82) is 0 Å². The highest BCUT2D eigenvalue weighted by Crippen LogP contribution is 2.26. The van der Waals surface area contributed by atoms with E-state index in [4.69, 9.17) is 16.3 Å². The first kappa shape index (κ1) is 16.5. The number of thiophene rings is 1. The molecular weight excluding hydrogens is 312 g/mol. The number of halogens is 1. The van der Waals surface area contributed by atoms with Crippen LogP contribution < -0.4 is 5.32 Å². The van der Waals surface area contributed by atoms with E-state index in [1.807, 2.05) is 13.0 Å². The van der Waals surface area contributed by atoms with Gasteiger partial charge in [-0.1, -0.05) is 11.6 Å². The highest BCUT2D eigenvalue weighted by molar-refractivity contribution is 7.16. The zero-order chi connectivity index (χ0) is 15.2. The van der Waals surface area contributed by atoms with Crippen molar-refractivity contribution >= 4 is 29.0 Å². The molecule has 0 radical (unpaired) electrons. The molecule has 0 saturated carbocycles. The fourth-order valence-electron chi connectivity index (χ4n) is 2.37. The topological polar surface area (TPSA) is 61.8 Å². The molecule has 0 spiro atoms. The van der Waals surface area contributed by atoms with Crippen LogP contribution in [-0.4, -0.2) is 48.4 Å². The van der Waals surface area contributed by atoms with Crippen molar-refractivity contribution in [1.82, 2.24) is 10.2 Å². The lowest BCUT2D eigenvalue weighted by Gasteiger charge is -2.32. The highest BCUT2D eigenvalue weighted by atomic mass is 35.5. The van der Waals surface area contributed by atoms with Gasteiger partial charge in [-0.05, 0) is 31.9 Å². The van der Waals surface area contributed by atoms with Gasteiger partial charge in [-0.2, -0.15) is 0 Å². The fraction of sp³-hybridized carbons (Fsp3) is 0.643. The minimum atomic E-state index is -0.536. The number of aliphatic hydroxyl groups excluding tert-OH is 1. The number of nitrogens with zero attached hydrogens (tertiary/aromatic N) is 1. The summed E-state index contributed by atoms with van der Waals surface area (Å²) in [6.07, 6.45) is 0.975. The van der Waals surface area contributed by atoms with Gasteiger partial charge in [0.15, 0.2) is 0 Å². The summed E-state index contributed by atoms with van der Waals surface area (Å²) in [6, 6.07) is 3.96. The minimum Gasteiger partial charge on any atom is -0.450 e. The van der Waals surface area contributed by atoms with Crippen molar-refractivity contribution in [2.45, 2.75) is 31.9 Å². The van der Waals surface area contributed by atoms with Gasteiger partial charge < -0.3 is 20.1 Å². The lowest BCUT2D eigenvalue weighted by Crippen LogP contribution is -2.45. The third kappa shape index (κ3) is 4.85. The molecule has 1 aromatic rings. The summed E-state index contributed by atoms with van der Waals surface area (Å²) in [5.41, 5.74) is 0. The zero-order valence-corrected chi connectivity index (χ0v) is 13.6. The first-order valence-corrected chi connectivity index (χ1v) is 8.38. The van der Waals surface area contributed by atoms with Crippen LogP contribution in [0.15, 0.2) is 12.1 Å². The summed E-state index contributed by atoms with van der Waals surface area (Å²) in [7, 11) is 0. The number of amides is 1. The molecule has 0 aliphatic carbocycles. The maximum absolute atomic E-state index is 11.6.